The molecule has 1 aliphatic carbocycles. The van der Waals surface area contributed by atoms with Crippen LogP contribution in [0.25, 0.3) is 72.0 Å². The van der Waals surface area contributed by atoms with Crippen molar-refractivity contribution in [1.82, 2.24) is 4.57 Å². The highest BCUT2D eigenvalue weighted by molar-refractivity contribution is 6.10. The summed E-state index contributed by atoms with van der Waals surface area (Å²) in [5, 5.41) is 2.46. The van der Waals surface area contributed by atoms with E-state index in [1.807, 2.05) is 0 Å². The number of hydrogen-bond donors (Lipinski definition) is 0. The predicted molar refractivity (Wildman–Crippen MR) is 263 cm³/mol. The van der Waals surface area contributed by atoms with Gasteiger partial charge in [-0.1, -0.05) is 176 Å². The van der Waals surface area contributed by atoms with E-state index in [2.05, 4.69) is 252 Å². The maximum Gasteiger partial charge on any atom is 0.148 e. The molecule has 0 fully saturated rings. The van der Waals surface area contributed by atoms with Crippen LogP contribution in [0.2, 0.25) is 0 Å². The average Bonchev–Trinajstić information content (AvgIpc) is 3.91. The fraction of sp³-hybridized carbons (Fsp3) is 0.0333. The number of ether oxygens (including phenoxy) is 1. The van der Waals surface area contributed by atoms with Gasteiger partial charge in [0.05, 0.1) is 16.7 Å². The first-order chi connectivity index (χ1) is 31.2. The summed E-state index contributed by atoms with van der Waals surface area (Å²) in [7, 11) is 0. The minimum absolute atomic E-state index is 0.0356. The van der Waals surface area contributed by atoms with Crippen LogP contribution >= 0.6 is 0 Å². The highest BCUT2D eigenvalue weighted by Crippen LogP contribution is 2.47. The molecule has 3 heteroatoms. The van der Waals surface area contributed by atoms with Gasteiger partial charge in [-0.05, 0) is 111 Å². The Kier molecular flexibility index (Phi) is 8.97. The number of rotatable bonds is 8. The molecule has 0 bridgehead atoms. The van der Waals surface area contributed by atoms with Crippen molar-refractivity contribution < 1.29 is 4.74 Å². The van der Waals surface area contributed by atoms with Gasteiger partial charge in [0, 0.05) is 39.3 Å². The molecule has 9 aromatic carbocycles. The Morgan fingerprint density at radius 2 is 0.825 bits per heavy atom. The summed E-state index contributed by atoms with van der Waals surface area (Å²) in [4.78, 5) is 2.34. The van der Waals surface area contributed by atoms with Gasteiger partial charge in [-0.2, -0.15) is 0 Å². The van der Waals surface area contributed by atoms with Crippen molar-refractivity contribution in [3.05, 3.63) is 248 Å². The number of benzene rings is 9. The third kappa shape index (κ3) is 6.54. The molecule has 1 aliphatic heterocycles. The summed E-state index contributed by atoms with van der Waals surface area (Å²) < 4.78 is 9.02. The van der Waals surface area contributed by atoms with Gasteiger partial charge in [-0.15, -0.1) is 0 Å². The molecular weight excluding hydrogens is 765 g/mol. The lowest BCUT2D eigenvalue weighted by Crippen LogP contribution is -2.15. The molecule has 2 atom stereocenters. The van der Waals surface area contributed by atoms with E-state index < -0.39 is 0 Å². The van der Waals surface area contributed by atoms with Crippen LogP contribution in [0.15, 0.2) is 243 Å². The average molecular weight is 807 g/mol. The highest BCUT2D eigenvalue weighted by atomic mass is 16.5. The van der Waals surface area contributed by atoms with E-state index in [9.17, 15) is 0 Å². The third-order valence-electron chi connectivity index (χ3n) is 12.8. The third-order valence-corrected chi connectivity index (χ3v) is 12.8. The Bertz CT molecular complexity index is 3240. The molecule has 63 heavy (non-hydrogen) atoms. The molecule has 0 saturated heterocycles. The van der Waals surface area contributed by atoms with Crippen LogP contribution < -0.4 is 9.64 Å². The van der Waals surface area contributed by atoms with Crippen molar-refractivity contribution in [2.24, 2.45) is 0 Å². The van der Waals surface area contributed by atoms with Gasteiger partial charge in [0.25, 0.3) is 0 Å². The lowest BCUT2D eigenvalue weighted by atomic mass is 9.92. The molecule has 0 radical (unpaired) electrons. The maximum absolute atomic E-state index is 6.64. The van der Waals surface area contributed by atoms with Crippen LogP contribution in [0.1, 0.15) is 11.5 Å². The number of allylic oxidation sites excluding steroid dienone is 2. The Morgan fingerprint density at radius 1 is 0.365 bits per heavy atom. The number of para-hydroxylation sites is 2. The van der Waals surface area contributed by atoms with E-state index in [0.29, 0.717) is 0 Å². The number of fused-ring (bicyclic) bond motifs is 6. The van der Waals surface area contributed by atoms with Crippen molar-refractivity contribution >= 4 is 38.9 Å². The van der Waals surface area contributed by atoms with Gasteiger partial charge in [0.2, 0.25) is 0 Å². The van der Waals surface area contributed by atoms with Crippen molar-refractivity contribution in [2.75, 3.05) is 4.90 Å². The first kappa shape index (κ1) is 36.7. The van der Waals surface area contributed by atoms with Gasteiger partial charge in [0.15, 0.2) is 0 Å². The second-order valence-corrected chi connectivity index (χ2v) is 16.4. The zero-order chi connectivity index (χ0) is 41.7. The quantitative estimate of drug-likeness (QED) is 0.152. The van der Waals surface area contributed by atoms with Crippen molar-refractivity contribution in [2.45, 2.75) is 12.0 Å². The van der Waals surface area contributed by atoms with Gasteiger partial charge in [-0.25, -0.2) is 0 Å². The summed E-state index contributed by atoms with van der Waals surface area (Å²) in [5.74, 6) is 1.22. The first-order valence-electron chi connectivity index (χ1n) is 21.7. The zero-order valence-corrected chi connectivity index (χ0v) is 34.6. The van der Waals surface area contributed by atoms with E-state index in [4.69, 9.17) is 4.74 Å². The van der Waals surface area contributed by atoms with Crippen LogP contribution in [0.4, 0.5) is 17.1 Å². The lowest BCUT2D eigenvalue weighted by Gasteiger charge is -2.26. The molecular formula is C60H42N2O. The number of anilines is 3. The number of hydrogen-bond acceptors (Lipinski definition) is 2. The molecule has 0 spiro atoms. The molecule has 1 aromatic heterocycles. The van der Waals surface area contributed by atoms with Crippen molar-refractivity contribution in [3.63, 3.8) is 0 Å². The minimum atomic E-state index is 0.0356. The lowest BCUT2D eigenvalue weighted by molar-refractivity contribution is 0.268. The normalized spacial score (nSPS) is 15.0. The fourth-order valence-corrected chi connectivity index (χ4v) is 9.61. The summed E-state index contributed by atoms with van der Waals surface area (Å²) >= 11 is 0. The van der Waals surface area contributed by atoms with Gasteiger partial charge in [0.1, 0.15) is 11.9 Å². The molecule has 2 heterocycles. The Balaban J connectivity index is 0.854. The largest absolute Gasteiger partial charge is 0.483 e. The van der Waals surface area contributed by atoms with Crippen LogP contribution in [0.3, 0.4) is 0 Å². The summed E-state index contributed by atoms with van der Waals surface area (Å²) in [6.07, 6.45) is 8.68. The summed E-state index contributed by atoms with van der Waals surface area (Å²) in [6.45, 7) is 0. The van der Waals surface area contributed by atoms with Gasteiger partial charge < -0.3 is 14.2 Å². The smallest absolute Gasteiger partial charge is 0.148 e. The topological polar surface area (TPSA) is 17.4 Å². The molecule has 12 rings (SSSR count). The Morgan fingerprint density at radius 3 is 1.41 bits per heavy atom. The number of aromatic nitrogens is 1. The molecule has 0 amide bonds. The molecule has 10 aromatic rings. The first-order valence-corrected chi connectivity index (χ1v) is 21.7. The van der Waals surface area contributed by atoms with Gasteiger partial charge in [-0.3, -0.25) is 0 Å². The molecule has 298 valence electrons. The summed E-state index contributed by atoms with van der Waals surface area (Å²) in [6, 6.07) is 78.9. The van der Waals surface area contributed by atoms with Crippen LogP contribution in [0.5, 0.6) is 5.75 Å². The van der Waals surface area contributed by atoms with E-state index in [1.54, 1.807) is 0 Å². The molecule has 0 saturated carbocycles. The zero-order valence-electron chi connectivity index (χ0n) is 34.6. The van der Waals surface area contributed by atoms with Crippen LogP contribution in [-0.2, 0) is 0 Å². The van der Waals surface area contributed by atoms with E-state index >= 15 is 0 Å². The van der Waals surface area contributed by atoms with Gasteiger partial charge >= 0.3 is 0 Å². The van der Waals surface area contributed by atoms with E-state index in [1.165, 1.54) is 71.9 Å². The van der Waals surface area contributed by atoms with Crippen LogP contribution in [0, 0.1) is 0 Å². The Labute approximate surface area is 367 Å². The Hall–Kier alpha value is -8.14. The van der Waals surface area contributed by atoms with E-state index in [-0.39, 0.29) is 12.0 Å². The molecule has 3 nitrogen and oxygen atoms in total. The standard InChI is InChI=1S/C60H42N2O/c1-3-12-41(13-4-1)44-26-33-49(34-27-44)61(50-35-28-45(29-36-50)42-14-5-2-6-15-42)51-37-30-46(31-38-51)43-22-24-47(25-23-43)48-32-39-57-55(40-48)52-16-7-9-19-56(52)62(57)58-20-11-18-54-53-17-8-10-21-59(53)63-60(54)58/h1-40,53,59H. The highest BCUT2D eigenvalue weighted by Gasteiger charge is 2.34. The number of nitrogens with zero attached hydrogens (tertiary/aromatic N) is 2. The second-order valence-electron chi connectivity index (χ2n) is 16.4. The monoisotopic (exact) mass is 806 g/mol. The molecule has 0 N–H and O–H groups in total. The fourth-order valence-electron chi connectivity index (χ4n) is 9.61. The maximum atomic E-state index is 6.64. The van der Waals surface area contributed by atoms with Crippen LogP contribution in [-0.4, -0.2) is 10.7 Å². The predicted octanol–water partition coefficient (Wildman–Crippen LogP) is 15.9. The summed E-state index contributed by atoms with van der Waals surface area (Å²) in [5.41, 5.74) is 17.5. The second kappa shape index (κ2) is 15.4. The molecule has 2 aliphatic rings. The SMILES string of the molecule is C1=CC2Oc3c(cccc3-n3c4ccccc4c4cc(-c5ccc(-c6ccc(N(c7ccc(-c8ccccc8)cc7)c7ccc(-c8ccccc8)cc7)cc6)cc5)ccc43)C2C=C1. The van der Waals surface area contributed by atoms with Crippen molar-refractivity contribution in [1.29, 1.82) is 0 Å². The van der Waals surface area contributed by atoms with Crippen molar-refractivity contribution in [3.8, 4) is 55.9 Å². The minimum Gasteiger partial charge on any atom is -0.483 e. The van der Waals surface area contributed by atoms with E-state index in [0.717, 1.165) is 28.5 Å². The molecule has 2 unspecified atom stereocenters.